The van der Waals surface area contributed by atoms with Crippen LogP contribution in [0, 0.1) is 5.92 Å². The van der Waals surface area contributed by atoms with Gasteiger partial charge in [0.15, 0.2) is 0 Å². The molecule has 2 aromatic rings. The van der Waals surface area contributed by atoms with Crippen LogP contribution in [0.4, 0.5) is 4.79 Å². The summed E-state index contributed by atoms with van der Waals surface area (Å²) in [7, 11) is 0. The Hall–Kier alpha value is -4.14. The van der Waals surface area contributed by atoms with Crippen LogP contribution in [0.25, 0.3) is 0 Å². The van der Waals surface area contributed by atoms with E-state index in [-0.39, 0.29) is 49.4 Å². The summed E-state index contributed by atoms with van der Waals surface area (Å²) in [6.07, 6.45) is 0.0420. The zero-order chi connectivity index (χ0) is 25.7. The number of amides is 3. The molecule has 2 aliphatic rings. The fourth-order valence-corrected chi connectivity index (χ4v) is 4.51. The highest BCUT2D eigenvalue weighted by atomic mass is 16.5. The van der Waals surface area contributed by atoms with Crippen molar-refractivity contribution in [1.82, 2.24) is 15.5 Å². The first kappa shape index (κ1) is 25.0. The van der Waals surface area contributed by atoms with Gasteiger partial charge in [-0.3, -0.25) is 9.59 Å². The molecule has 3 atom stereocenters. The summed E-state index contributed by atoms with van der Waals surface area (Å²) >= 11 is 0. The quantitative estimate of drug-likeness (QED) is 0.549. The Kier molecular flexibility index (Phi) is 7.68. The fourth-order valence-electron chi connectivity index (χ4n) is 4.51. The van der Waals surface area contributed by atoms with E-state index in [1.807, 2.05) is 43.3 Å². The van der Waals surface area contributed by atoms with E-state index in [0.29, 0.717) is 5.56 Å². The van der Waals surface area contributed by atoms with E-state index < -0.39 is 29.9 Å². The summed E-state index contributed by atoms with van der Waals surface area (Å²) in [4.78, 5) is 52.4. The molecule has 0 bridgehead atoms. The molecule has 0 unspecified atom stereocenters. The van der Waals surface area contributed by atoms with Gasteiger partial charge in [0.1, 0.15) is 6.61 Å². The van der Waals surface area contributed by atoms with Crippen LogP contribution in [-0.2, 0) is 23.9 Å². The minimum absolute atomic E-state index is 0.0420. The molecule has 3 amide bonds. The molecule has 2 aromatic carbocycles. The maximum Gasteiger partial charge on any atom is 0.338 e. The van der Waals surface area contributed by atoms with Crippen molar-refractivity contribution < 1.29 is 28.7 Å². The third-order valence-electron chi connectivity index (χ3n) is 6.38. The number of carbonyl (C=O) groups excluding carboxylic acids is 4. The van der Waals surface area contributed by atoms with E-state index in [4.69, 9.17) is 9.47 Å². The number of esters is 2. The van der Waals surface area contributed by atoms with Crippen LogP contribution in [0.1, 0.15) is 43.5 Å². The molecule has 2 heterocycles. The maximum atomic E-state index is 12.9. The monoisotopic (exact) mass is 491 g/mol. The SMILES string of the molecule is CCOC(=O)C1=C(COC(=O)[C@@H]2CC(=O)N([C@@H](C)c3ccccc3)C2)NC(=O)N[C@H]1c1ccccc1. The topological polar surface area (TPSA) is 114 Å². The van der Waals surface area contributed by atoms with Crippen LogP contribution >= 0.6 is 0 Å². The number of nitrogens with zero attached hydrogens (tertiary/aromatic N) is 1. The summed E-state index contributed by atoms with van der Waals surface area (Å²) in [6, 6.07) is 17.1. The largest absolute Gasteiger partial charge is 0.463 e. The second-order valence-electron chi connectivity index (χ2n) is 8.70. The van der Waals surface area contributed by atoms with Gasteiger partial charge >= 0.3 is 18.0 Å². The Balaban J connectivity index is 1.49. The minimum Gasteiger partial charge on any atom is -0.463 e. The van der Waals surface area contributed by atoms with Crippen LogP contribution in [0.2, 0.25) is 0 Å². The predicted octanol–water partition coefficient (Wildman–Crippen LogP) is 3.01. The van der Waals surface area contributed by atoms with Gasteiger partial charge in [-0.2, -0.15) is 0 Å². The van der Waals surface area contributed by atoms with E-state index in [1.54, 1.807) is 36.1 Å². The van der Waals surface area contributed by atoms with Gasteiger partial charge in [0.25, 0.3) is 0 Å². The number of hydrogen-bond donors (Lipinski definition) is 2. The Labute approximate surface area is 209 Å². The molecule has 0 saturated carbocycles. The third-order valence-corrected chi connectivity index (χ3v) is 6.38. The molecule has 188 valence electrons. The highest BCUT2D eigenvalue weighted by Crippen LogP contribution is 2.30. The molecule has 1 fully saturated rings. The Morgan fingerprint density at radius 1 is 1.03 bits per heavy atom. The van der Waals surface area contributed by atoms with Crippen molar-refractivity contribution in [2.45, 2.75) is 32.4 Å². The lowest BCUT2D eigenvalue weighted by molar-refractivity contribution is -0.148. The summed E-state index contributed by atoms with van der Waals surface area (Å²) < 4.78 is 10.7. The van der Waals surface area contributed by atoms with E-state index in [2.05, 4.69) is 10.6 Å². The number of likely N-dealkylation sites (tertiary alicyclic amines) is 1. The number of rotatable bonds is 8. The van der Waals surface area contributed by atoms with Crippen molar-refractivity contribution in [3.8, 4) is 0 Å². The van der Waals surface area contributed by atoms with Crippen LogP contribution in [0.15, 0.2) is 71.9 Å². The first-order valence-electron chi connectivity index (χ1n) is 11.9. The molecular weight excluding hydrogens is 462 g/mol. The highest BCUT2D eigenvalue weighted by Gasteiger charge is 2.39. The van der Waals surface area contributed by atoms with Gasteiger partial charge in [0.05, 0.1) is 35.9 Å². The van der Waals surface area contributed by atoms with Crippen molar-refractivity contribution in [3.63, 3.8) is 0 Å². The first-order chi connectivity index (χ1) is 17.4. The highest BCUT2D eigenvalue weighted by molar-refractivity contribution is 5.95. The smallest absolute Gasteiger partial charge is 0.338 e. The van der Waals surface area contributed by atoms with Crippen molar-refractivity contribution in [3.05, 3.63) is 83.1 Å². The molecule has 9 heteroatoms. The molecule has 2 N–H and O–H groups in total. The lowest BCUT2D eigenvalue weighted by atomic mass is 9.95. The maximum absolute atomic E-state index is 12.9. The van der Waals surface area contributed by atoms with Gasteiger partial charge in [-0.15, -0.1) is 0 Å². The summed E-state index contributed by atoms with van der Waals surface area (Å²) in [5, 5.41) is 5.32. The lowest BCUT2D eigenvalue weighted by Crippen LogP contribution is -2.47. The molecule has 0 aromatic heterocycles. The fraction of sp³-hybridized carbons (Fsp3) is 0.333. The lowest BCUT2D eigenvalue weighted by Gasteiger charge is -2.29. The van der Waals surface area contributed by atoms with Crippen molar-refractivity contribution in [2.75, 3.05) is 19.8 Å². The Morgan fingerprint density at radius 2 is 1.69 bits per heavy atom. The average molecular weight is 492 g/mol. The molecular formula is C27H29N3O6. The van der Waals surface area contributed by atoms with E-state index in [1.165, 1.54) is 0 Å². The average Bonchev–Trinajstić information content (AvgIpc) is 3.29. The zero-order valence-electron chi connectivity index (χ0n) is 20.2. The minimum atomic E-state index is -0.761. The van der Waals surface area contributed by atoms with Crippen LogP contribution < -0.4 is 10.6 Å². The Morgan fingerprint density at radius 3 is 2.36 bits per heavy atom. The summed E-state index contributed by atoms with van der Waals surface area (Å²) in [5.41, 5.74) is 1.98. The molecule has 0 radical (unpaired) electrons. The normalized spacial score (nSPS) is 20.4. The first-order valence-corrected chi connectivity index (χ1v) is 11.9. The van der Waals surface area contributed by atoms with Gasteiger partial charge in [0.2, 0.25) is 5.91 Å². The number of hydrogen-bond acceptors (Lipinski definition) is 6. The third kappa shape index (κ3) is 5.40. The van der Waals surface area contributed by atoms with Crippen molar-refractivity contribution >= 4 is 23.9 Å². The number of ether oxygens (including phenoxy) is 2. The van der Waals surface area contributed by atoms with Gasteiger partial charge in [0, 0.05) is 13.0 Å². The van der Waals surface area contributed by atoms with Gasteiger partial charge < -0.3 is 25.0 Å². The number of benzene rings is 2. The molecule has 0 aliphatic carbocycles. The molecule has 36 heavy (non-hydrogen) atoms. The molecule has 0 spiro atoms. The zero-order valence-corrected chi connectivity index (χ0v) is 20.2. The summed E-state index contributed by atoms with van der Waals surface area (Å²) in [6.45, 7) is 3.65. The Bertz CT molecular complexity index is 1160. The van der Waals surface area contributed by atoms with Crippen LogP contribution in [0.5, 0.6) is 0 Å². The summed E-state index contributed by atoms with van der Waals surface area (Å²) in [5.74, 6) is -1.95. The second kappa shape index (κ2) is 11.1. The second-order valence-corrected chi connectivity index (χ2v) is 8.70. The molecule has 2 aliphatic heterocycles. The molecule has 4 rings (SSSR count). The van der Waals surface area contributed by atoms with Crippen molar-refractivity contribution in [1.29, 1.82) is 0 Å². The standard InChI is InChI=1S/C27H29N3O6/c1-3-35-26(33)23-21(28-27(34)29-24(23)19-12-8-5-9-13-19)16-36-25(32)20-14-22(31)30(15-20)17(2)18-10-6-4-7-11-18/h4-13,17,20,24H,3,14-16H2,1-2H3,(H2,28,29,34)/t17-,20+,24-/m0/s1. The predicted molar refractivity (Wildman–Crippen MR) is 130 cm³/mol. The van der Waals surface area contributed by atoms with Crippen molar-refractivity contribution in [2.24, 2.45) is 5.92 Å². The number of carbonyl (C=O) groups is 4. The van der Waals surface area contributed by atoms with E-state index in [9.17, 15) is 19.2 Å². The van der Waals surface area contributed by atoms with Crippen LogP contribution in [0.3, 0.4) is 0 Å². The number of urea groups is 1. The van der Waals surface area contributed by atoms with E-state index in [0.717, 1.165) is 5.56 Å². The van der Waals surface area contributed by atoms with Gasteiger partial charge in [-0.05, 0) is 25.0 Å². The van der Waals surface area contributed by atoms with E-state index >= 15 is 0 Å². The van der Waals surface area contributed by atoms with Gasteiger partial charge in [-0.25, -0.2) is 9.59 Å². The van der Waals surface area contributed by atoms with Crippen LogP contribution in [-0.4, -0.2) is 48.5 Å². The number of nitrogens with one attached hydrogen (secondary N) is 2. The molecule has 9 nitrogen and oxygen atoms in total. The molecule has 1 saturated heterocycles. The van der Waals surface area contributed by atoms with Gasteiger partial charge in [-0.1, -0.05) is 60.7 Å².